The molecule has 0 aliphatic carbocycles. The summed E-state index contributed by atoms with van der Waals surface area (Å²) in [5, 5.41) is 23.1. The molecular formula is C65H111N5O15. The van der Waals surface area contributed by atoms with E-state index in [9.17, 15) is 53.1 Å². The fourth-order valence-electron chi connectivity index (χ4n) is 8.74. The van der Waals surface area contributed by atoms with E-state index >= 15 is 0 Å². The number of unbranched alkanes of at least 4 members (excludes halogenated alkanes) is 15. The van der Waals surface area contributed by atoms with Crippen LogP contribution in [0.2, 0.25) is 0 Å². The number of nitrogens with one attached hydrogen (secondary N) is 5. The number of carbonyl (C=O) groups excluding carboxylic acids is 9. The molecule has 0 saturated carbocycles. The van der Waals surface area contributed by atoms with Crippen LogP contribution in [0.25, 0.3) is 0 Å². The molecule has 1 aromatic carbocycles. The number of aliphatic carboxylic acids is 1. The van der Waals surface area contributed by atoms with E-state index in [-0.39, 0.29) is 149 Å². The van der Waals surface area contributed by atoms with Crippen molar-refractivity contribution in [2.45, 2.75) is 234 Å². The summed E-state index contributed by atoms with van der Waals surface area (Å²) in [6.45, 7) is 14.8. The lowest BCUT2D eigenvalue weighted by atomic mass is 9.95. The average molecular weight is 1200 g/mol. The molecule has 20 heteroatoms. The second-order valence-electron chi connectivity index (χ2n) is 22.4. The maximum atomic E-state index is 12.3. The molecule has 5 amide bonds. The van der Waals surface area contributed by atoms with Crippen molar-refractivity contribution >= 4 is 70.0 Å². The molecule has 4 atom stereocenters. The Morgan fingerprint density at radius 1 is 0.424 bits per heavy atom. The predicted molar refractivity (Wildman–Crippen MR) is 332 cm³/mol. The molecule has 0 aromatic heterocycles. The van der Waals surface area contributed by atoms with Gasteiger partial charge in [0.05, 0.1) is 33.0 Å². The number of anilines is 2. The number of rotatable bonds is 55. The highest BCUT2D eigenvalue weighted by Crippen LogP contribution is 2.18. The molecule has 6 N–H and O–H groups in total. The van der Waals surface area contributed by atoms with Gasteiger partial charge in [-0.1, -0.05) is 124 Å². The van der Waals surface area contributed by atoms with Crippen LogP contribution in [0.1, 0.15) is 228 Å². The molecule has 1 rings (SSSR count). The van der Waals surface area contributed by atoms with Crippen LogP contribution in [-0.4, -0.2) is 136 Å². The quantitative estimate of drug-likeness (QED) is 0.0331. The van der Waals surface area contributed by atoms with Crippen molar-refractivity contribution in [2.24, 2.45) is 17.8 Å². The van der Waals surface area contributed by atoms with Crippen molar-refractivity contribution in [2.75, 3.05) is 76.6 Å². The molecule has 0 heterocycles. The Morgan fingerprint density at radius 3 is 1.32 bits per heavy atom. The van der Waals surface area contributed by atoms with Gasteiger partial charge in [-0.2, -0.15) is 0 Å². The monoisotopic (exact) mass is 1200 g/mol. The van der Waals surface area contributed by atoms with Crippen molar-refractivity contribution in [3.8, 4) is 0 Å². The lowest BCUT2D eigenvalue weighted by Gasteiger charge is -2.14. The van der Waals surface area contributed by atoms with Crippen LogP contribution < -0.4 is 26.6 Å². The van der Waals surface area contributed by atoms with Crippen LogP contribution in [0.5, 0.6) is 0 Å². The van der Waals surface area contributed by atoms with Crippen molar-refractivity contribution in [1.29, 1.82) is 0 Å². The van der Waals surface area contributed by atoms with Gasteiger partial charge in [0.2, 0.25) is 29.5 Å². The molecule has 0 saturated heterocycles. The number of hydrogen-bond acceptors (Lipinski definition) is 14. The zero-order valence-corrected chi connectivity index (χ0v) is 53.2. The van der Waals surface area contributed by atoms with E-state index in [1.54, 1.807) is 31.2 Å². The summed E-state index contributed by atoms with van der Waals surface area (Å²) in [5.41, 5.74) is 1.27. The summed E-state index contributed by atoms with van der Waals surface area (Å²) in [7, 11) is 0. The number of benzene rings is 1. The maximum absolute atomic E-state index is 12.3. The molecule has 3 unspecified atom stereocenters. The van der Waals surface area contributed by atoms with E-state index in [2.05, 4.69) is 33.5 Å². The summed E-state index contributed by atoms with van der Waals surface area (Å²) >= 11 is 0. The zero-order chi connectivity index (χ0) is 63.3. The zero-order valence-electron chi connectivity index (χ0n) is 53.2. The normalized spacial score (nSPS) is 12.4. The van der Waals surface area contributed by atoms with Crippen LogP contribution in [-0.2, 0) is 66.9 Å². The summed E-state index contributed by atoms with van der Waals surface area (Å²) in [6, 6.07) is 5.76. The molecule has 20 nitrogen and oxygen atoms in total. The number of ketones is 4. The summed E-state index contributed by atoms with van der Waals surface area (Å²) < 4.78 is 21.5. The Kier molecular flexibility index (Phi) is 50.5. The van der Waals surface area contributed by atoms with E-state index in [1.807, 2.05) is 20.8 Å². The van der Waals surface area contributed by atoms with Crippen LogP contribution >= 0.6 is 0 Å². The number of Topliss-reactive ketones (excluding diaryl/α,β-unsaturated/α-hetero) is 4. The van der Waals surface area contributed by atoms with Crippen molar-refractivity contribution in [3.63, 3.8) is 0 Å². The second kappa shape index (κ2) is 54.0. The first-order valence-electron chi connectivity index (χ1n) is 31.9. The minimum Gasteiger partial charge on any atom is -0.480 e. The average Bonchev–Trinajstić information content (AvgIpc) is 3.51. The molecule has 0 radical (unpaired) electrons. The van der Waals surface area contributed by atoms with Gasteiger partial charge in [0.25, 0.3) is 0 Å². The number of carbonyl (C=O) groups is 10. The Bertz CT molecular complexity index is 1960. The third kappa shape index (κ3) is 49.4. The minimum absolute atomic E-state index is 0.0546. The standard InChI is InChI=1S/C45H83N3O11.C20H28N2O4/c1-4-6-7-8-9-10-11-12-13-14-15-16-17-18-19-25-42(51)48-41(45(54)55)27-26-40(50)24-22-30-56-32-34-58-37-44(53)47-29-31-57-33-35-59-36-43(52)46-28-21-20-23-39(5-2)38(3)49;1-13(15(3)23)5-11-19(25)21-17-7-9-18(10-8-17)22-20(26)12-6-14(2)16(4)24/h39,41H,4-37H2,1-3H3,(H,46,52)(H,47,53)(H,48,51)(H,54,55);7-10,13-14H,5-6,11-12H2,1-4H3,(H,21,25)(H,22,26)/t39-,41?;/m0./s1. The molecule has 0 fully saturated rings. The van der Waals surface area contributed by atoms with Crippen molar-refractivity contribution in [3.05, 3.63) is 24.3 Å². The lowest BCUT2D eigenvalue weighted by Crippen LogP contribution is -2.41. The van der Waals surface area contributed by atoms with Gasteiger partial charge in [-0.3, -0.25) is 43.2 Å². The number of carboxylic acids is 1. The molecule has 0 spiro atoms. The van der Waals surface area contributed by atoms with Crippen LogP contribution in [0, 0.1) is 17.8 Å². The minimum atomic E-state index is -1.13. The smallest absolute Gasteiger partial charge is 0.326 e. The highest BCUT2D eigenvalue weighted by Gasteiger charge is 2.21. The summed E-state index contributed by atoms with van der Waals surface area (Å²) in [6.07, 6.45) is 24.8. The first kappa shape index (κ1) is 79.6. The topological polar surface area (TPSA) is 288 Å². The van der Waals surface area contributed by atoms with Gasteiger partial charge in [0.15, 0.2) is 0 Å². The first-order chi connectivity index (χ1) is 40.8. The SMILES string of the molecule is CC(=O)C(C)CCC(=O)Nc1ccc(NC(=O)CCC(C)C(C)=O)cc1.CCCCCCCCCCCCCCCCCC(=O)NC(CCC(=O)CCCOCCOCC(=O)NCCOCCOCC(=O)NCCCC[C@H](CC)C(C)=O)C(=O)O. The number of carboxylic acid groups (broad SMARTS) is 1. The fraction of sp³-hybridized carbons (Fsp3) is 0.754. The summed E-state index contributed by atoms with van der Waals surface area (Å²) in [4.78, 5) is 118. The fourth-order valence-corrected chi connectivity index (χ4v) is 8.74. The van der Waals surface area contributed by atoms with Crippen LogP contribution in [0.15, 0.2) is 24.3 Å². The molecule has 0 aliphatic heterocycles. The van der Waals surface area contributed by atoms with E-state index < -0.39 is 12.0 Å². The van der Waals surface area contributed by atoms with E-state index in [4.69, 9.17) is 18.9 Å². The molecule has 0 bridgehead atoms. The molecular weight excluding hydrogens is 1090 g/mol. The summed E-state index contributed by atoms with van der Waals surface area (Å²) in [5.74, 6) is -2.04. The second-order valence-corrected chi connectivity index (χ2v) is 22.4. The third-order valence-electron chi connectivity index (χ3n) is 14.7. The van der Waals surface area contributed by atoms with E-state index in [0.29, 0.717) is 56.8 Å². The Balaban J connectivity index is 0.00000224. The number of ether oxygens (including phenoxy) is 4. The maximum Gasteiger partial charge on any atom is 0.326 e. The van der Waals surface area contributed by atoms with Gasteiger partial charge in [0.1, 0.15) is 42.4 Å². The van der Waals surface area contributed by atoms with Gasteiger partial charge in [-0.25, -0.2) is 4.79 Å². The number of amides is 5. The first-order valence-corrected chi connectivity index (χ1v) is 31.9. The Hall–Kier alpha value is -5.44. The third-order valence-corrected chi connectivity index (χ3v) is 14.7. The largest absolute Gasteiger partial charge is 0.480 e. The lowest BCUT2D eigenvalue weighted by molar-refractivity contribution is -0.142. The Labute approximate surface area is 509 Å². The molecule has 1 aromatic rings. The van der Waals surface area contributed by atoms with E-state index in [1.165, 1.54) is 90.9 Å². The van der Waals surface area contributed by atoms with Gasteiger partial charge >= 0.3 is 5.97 Å². The molecule has 85 heavy (non-hydrogen) atoms. The van der Waals surface area contributed by atoms with Gasteiger partial charge in [0, 0.05) is 80.9 Å². The Morgan fingerprint density at radius 2 is 0.871 bits per heavy atom. The van der Waals surface area contributed by atoms with Gasteiger partial charge in [-0.05, 0) is 96.4 Å². The molecule has 0 aliphatic rings. The van der Waals surface area contributed by atoms with Crippen LogP contribution in [0.3, 0.4) is 0 Å². The molecule has 486 valence electrons. The number of hydrogen-bond donors (Lipinski definition) is 6. The van der Waals surface area contributed by atoms with Crippen molar-refractivity contribution < 1.29 is 72.0 Å². The van der Waals surface area contributed by atoms with Crippen LogP contribution in [0.4, 0.5) is 11.4 Å². The predicted octanol–water partition coefficient (Wildman–Crippen LogP) is 10.6. The highest BCUT2D eigenvalue weighted by atomic mass is 16.5. The highest BCUT2D eigenvalue weighted by molar-refractivity contribution is 5.93. The van der Waals surface area contributed by atoms with E-state index in [0.717, 1.165) is 44.9 Å². The van der Waals surface area contributed by atoms with Gasteiger partial charge < -0.3 is 50.6 Å². The van der Waals surface area contributed by atoms with Gasteiger partial charge in [-0.15, -0.1) is 0 Å². The van der Waals surface area contributed by atoms with Crippen molar-refractivity contribution in [1.82, 2.24) is 16.0 Å².